The molecule has 2 heterocycles. The summed E-state index contributed by atoms with van der Waals surface area (Å²) in [4.78, 5) is 23.8. The molecule has 0 aliphatic heterocycles. The number of imidazole rings is 1. The molecule has 0 aliphatic rings. The third-order valence-electron chi connectivity index (χ3n) is 3.25. The summed E-state index contributed by atoms with van der Waals surface area (Å²) in [5, 5.41) is 9.75. The van der Waals surface area contributed by atoms with Gasteiger partial charge >= 0.3 is 5.97 Å². The molecule has 3 aromatic rings. The van der Waals surface area contributed by atoms with Gasteiger partial charge in [-0.3, -0.25) is 4.57 Å². The molecular weight excluding hydrogens is 331 g/mol. The Hall–Kier alpha value is -2.74. The van der Waals surface area contributed by atoms with Crippen LogP contribution in [-0.2, 0) is 0 Å². The van der Waals surface area contributed by atoms with Gasteiger partial charge in [0.05, 0.1) is 16.8 Å². The molecule has 0 unspecified atom stereocenters. The van der Waals surface area contributed by atoms with E-state index in [0.29, 0.717) is 16.5 Å². The first-order valence-electron chi connectivity index (χ1n) is 7.12. The lowest BCUT2D eigenvalue weighted by atomic mass is 10.2. The van der Waals surface area contributed by atoms with Gasteiger partial charge in [0.1, 0.15) is 11.6 Å². The topological polar surface area (TPSA) is 80.9 Å². The molecule has 1 aromatic carbocycles. The van der Waals surface area contributed by atoms with E-state index in [1.807, 2.05) is 6.92 Å². The van der Waals surface area contributed by atoms with Gasteiger partial charge in [0, 0.05) is 24.8 Å². The van der Waals surface area contributed by atoms with E-state index in [1.165, 1.54) is 34.7 Å². The number of hydrogen-bond acceptors (Lipinski definition) is 5. The number of benzene rings is 1. The van der Waals surface area contributed by atoms with Crippen molar-refractivity contribution in [2.45, 2.75) is 12.1 Å². The first-order valence-corrected chi connectivity index (χ1v) is 8.10. The second-order valence-corrected chi connectivity index (χ2v) is 6.01. The number of aromatic carboxylic acids is 1. The molecule has 0 saturated heterocycles. The smallest absolute Gasteiger partial charge is 0.335 e. The van der Waals surface area contributed by atoms with Crippen molar-refractivity contribution in [3.63, 3.8) is 0 Å². The molecule has 0 bridgehead atoms. The van der Waals surface area contributed by atoms with Crippen molar-refractivity contribution in [1.29, 1.82) is 0 Å². The van der Waals surface area contributed by atoms with Crippen LogP contribution < -0.4 is 0 Å². The van der Waals surface area contributed by atoms with Gasteiger partial charge in [-0.05, 0) is 24.0 Å². The molecule has 8 heteroatoms. The van der Waals surface area contributed by atoms with E-state index in [2.05, 4.69) is 15.0 Å². The summed E-state index contributed by atoms with van der Waals surface area (Å²) in [5.74, 6) is -0.369. The van der Waals surface area contributed by atoms with Gasteiger partial charge in [0.25, 0.3) is 0 Å². The normalized spacial score (nSPS) is 10.8. The van der Waals surface area contributed by atoms with Crippen molar-refractivity contribution in [2.75, 3.05) is 5.75 Å². The maximum absolute atomic E-state index is 14.2. The Labute approximate surface area is 141 Å². The minimum absolute atomic E-state index is 0.00278. The molecule has 122 valence electrons. The Morgan fingerprint density at radius 3 is 2.71 bits per heavy atom. The zero-order chi connectivity index (χ0) is 17.1. The van der Waals surface area contributed by atoms with Crippen LogP contribution in [0.25, 0.3) is 17.1 Å². The van der Waals surface area contributed by atoms with E-state index < -0.39 is 11.8 Å². The molecule has 3 rings (SSSR count). The van der Waals surface area contributed by atoms with Gasteiger partial charge < -0.3 is 5.11 Å². The molecule has 1 N–H and O–H groups in total. The molecule has 0 spiro atoms. The number of carboxylic acids is 1. The zero-order valence-electron chi connectivity index (χ0n) is 12.7. The number of hydrogen-bond donors (Lipinski definition) is 1. The average molecular weight is 344 g/mol. The van der Waals surface area contributed by atoms with Gasteiger partial charge in [-0.25, -0.2) is 24.1 Å². The predicted octanol–water partition coefficient (Wildman–Crippen LogP) is 3.28. The average Bonchev–Trinajstić information content (AvgIpc) is 3.05. The summed E-state index contributed by atoms with van der Waals surface area (Å²) in [7, 11) is 0. The van der Waals surface area contributed by atoms with Crippen molar-refractivity contribution in [1.82, 2.24) is 19.5 Å². The van der Waals surface area contributed by atoms with Gasteiger partial charge in [0.2, 0.25) is 0 Å². The van der Waals surface area contributed by atoms with E-state index in [0.717, 1.165) is 11.8 Å². The van der Waals surface area contributed by atoms with Crippen LogP contribution in [0.15, 0.2) is 48.1 Å². The third-order valence-corrected chi connectivity index (χ3v) is 4.01. The number of carbonyl (C=O) groups is 1. The van der Waals surface area contributed by atoms with E-state index in [4.69, 9.17) is 5.11 Å². The molecule has 24 heavy (non-hydrogen) atoms. The first-order chi connectivity index (χ1) is 11.6. The first kappa shape index (κ1) is 16.1. The Kier molecular flexibility index (Phi) is 4.57. The van der Waals surface area contributed by atoms with Crippen LogP contribution >= 0.6 is 11.8 Å². The number of nitrogens with zero attached hydrogens (tertiary/aromatic N) is 4. The highest BCUT2D eigenvalue weighted by atomic mass is 32.2. The van der Waals surface area contributed by atoms with Crippen LogP contribution in [0, 0.1) is 5.82 Å². The minimum atomic E-state index is -1.12. The highest BCUT2D eigenvalue weighted by Crippen LogP contribution is 2.24. The Balaban J connectivity index is 2.05. The standard InChI is InChI=1S/C16H13FN4O2S/c1-2-24-16-19-8-11(9-20-16)14-18-5-6-21(14)13-7-10(15(22)23)3-4-12(13)17/h3-9H,2H2,1H3,(H,22,23). The second kappa shape index (κ2) is 6.79. The van der Waals surface area contributed by atoms with E-state index in [1.54, 1.807) is 18.6 Å². The summed E-state index contributed by atoms with van der Waals surface area (Å²) >= 11 is 1.51. The highest BCUT2D eigenvalue weighted by molar-refractivity contribution is 7.99. The molecule has 2 aromatic heterocycles. The Bertz CT molecular complexity index is 880. The lowest BCUT2D eigenvalue weighted by Gasteiger charge is -2.10. The van der Waals surface area contributed by atoms with Crippen molar-refractivity contribution in [2.24, 2.45) is 0 Å². The fourth-order valence-corrected chi connectivity index (χ4v) is 2.69. The molecule has 0 radical (unpaired) electrons. The van der Waals surface area contributed by atoms with E-state index in [-0.39, 0.29) is 11.3 Å². The van der Waals surface area contributed by atoms with Crippen LogP contribution in [0.5, 0.6) is 0 Å². The predicted molar refractivity (Wildman–Crippen MR) is 87.9 cm³/mol. The quantitative estimate of drug-likeness (QED) is 0.565. The lowest BCUT2D eigenvalue weighted by Crippen LogP contribution is -2.04. The van der Waals surface area contributed by atoms with Crippen LogP contribution in [0.4, 0.5) is 4.39 Å². The Morgan fingerprint density at radius 1 is 1.29 bits per heavy atom. The van der Waals surface area contributed by atoms with E-state index in [9.17, 15) is 9.18 Å². The number of aromatic nitrogens is 4. The summed E-state index contributed by atoms with van der Waals surface area (Å²) in [6, 6.07) is 3.61. The zero-order valence-corrected chi connectivity index (χ0v) is 13.5. The van der Waals surface area contributed by atoms with E-state index >= 15 is 0 Å². The van der Waals surface area contributed by atoms with Crippen molar-refractivity contribution in [3.8, 4) is 17.1 Å². The largest absolute Gasteiger partial charge is 0.478 e. The third kappa shape index (κ3) is 3.13. The number of halogens is 1. The van der Waals surface area contributed by atoms with Crippen LogP contribution in [0.3, 0.4) is 0 Å². The second-order valence-electron chi connectivity index (χ2n) is 4.78. The van der Waals surface area contributed by atoms with Crippen molar-refractivity contribution < 1.29 is 14.3 Å². The fourth-order valence-electron chi connectivity index (χ4n) is 2.18. The lowest BCUT2D eigenvalue weighted by molar-refractivity contribution is 0.0697. The molecule has 0 fully saturated rings. The van der Waals surface area contributed by atoms with Gasteiger partial charge in [-0.1, -0.05) is 18.7 Å². The molecule has 0 aliphatic carbocycles. The molecule has 0 saturated carbocycles. The summed E-state index contributed by atoms with van der Waals surface area (Å²) in [6.45, 7) is 2.01. The summed E-state index contributed by atoms with van der Waals surface area (Å²) in [6.07, 6.45) is 6.30. The number of rotatable bonds is 5. The SMILES string of the molecule is CCSc1ncc(-c2nccn2-c2cc(C(=O)O)ccc2F)cn1. The highest BCUT2D eigenvalue weighted by Gasteiger charge is 2.15. The van der Waals surface area contributed by atoms with Crippen molar-refractivity contribution >= 4 is 17.7 Å². The monoisotopic (exact) mass is 344 g/mol. The molecular formula is C16H13FN4O2S. The van der Waals surface area contributed by atoms with Crippen molar-refractivity contribution in [3.05, 3.63) is 54.4 Å². The molecule has 0 atom stereocenters. The van der Waals surface area contributed by atoms with Gasteiger partial charge in [0.15, 0.2) is 5.16 Å². The van der Waals surface area contributed by atoms with Gasteiger partial charge in [-0.15, -0.1) is 0 Å². The maximum Gasteiger partial charge on any atom is 0.335 e. The fraction of sp³-hybridized carbons (Fsp3) is 0.125. The van der Waals surface area contributed by atoms with Crippen LogP contribution in [0.1, 0.15) is 17.3 Å². The van der Waals surface area contributed by atoms with Crippen LogP contribution in [0.2, 0.25) is 0 Å². The Morgan fingerprint density at radius 2 is 2.04 bits per heavy atom. The summed E-state index contributed by atoms with van der Waals surface area (Å²) < 4.78 is 15.7. The molecule has 0 amide bonds. The van der Waals surface area contributed by atoms with Crippen LogP contribution in [-0.4, -0.2) is 36.3 Å². The molecule has 6 nitrogen and oxygen atoms in total. The number of thioether (sulfide) groups is 1. The van der Waals surface area contributed by atoms with Gasteiger partial charge in [-0.2, -0.15) is 0 Å². The maximum atomic E-state index is 14.2. The minimum Gasteiger partial charge on any atom is -0.478 e. The summed E-state index contributed by atoms with van der Waals surface area (Å²) in [5.41, 5.74) is 0.715. The number of carboxylic acid groups (broad SMARTS) is 1.